The van der Waals surface area contributed by atoms with E-state index in [-0.39, 0.29) is 0 Å². The van der Waals surface area contributed by atoms with Crippen LogP contribution in [-0.2, 0) is 9.47 Å². The van der Waals surface area contributed by atoms with Crippen molar-refractivity contribution in [1.29, 1.82) is 0 Å². The molecule has 0 amide bonds. The molecule has 7 heteroatoms. The molecule has 80 valence electrons. The van der Waals surface area contributed by atoms with Crippen LogP contribution in [0.15, 0.2) is 0 Å². The summed E-state index contributed by atoms with van der Waals surface area (Å²) in [6.07, 6.45) is 0. The highest BCUT2D eigenvalue weighted by Crippen LogP contribution is 2.09. The zero-order valence-electron chi connectivity index (χ0n) is 7.91. The monoisotopic (exact) mass is 235 g/mol. The molecule has 0 fully saturated rings. The van der Waals surface area contributed by atoms with Crippen molar-refractivity contribution in [3.63, 3.8) is 0 Å². The van der Waals surface area contributed by atoms with Crippen LogP contribution < -0.4 is 5.32 Å². The van der Waals surface area contributed by atoms with Gasteiger partial charge < -0.3 is 14.8 Å². The Bertz CT molecular complexity index is 299. The molecule has 0 aliphatic heterocycles. The van der Waals surface area contributed by atoms with E-state index in [2.05, 4.69) is 15.5 Å². The fourth-order valence-corrected chi connectivity index (χ4v) is 1.59. The summed E-state index contributed by atoms with van der Waals surface area (Å²) in [5.41, 5.74) is 0. The van der Waals surface area contributed by atoms with Gasteiger partial charge in [0.1, 0.15) is 0 Å². The molecule has 5 nitrogen and oxygen atoms in total. The fourth-order valence-electron chi connectivity index (χ4n) is 0.780. The molecule has 1 heterocycles. The number of ether oxygens (including phenoxy) is 2. The Hall–Kier alpha value is -0.500. The Balaban J connectivity index is 2.02. The lowest BCUT2D eigenvalue weighted by Gasteiger charge is -2.03. The van der Waals surface area contributed by atoms with Crippen LogP contribution in [-0.4, -0.2) is 43.7 Å². The van der Waals surface area contributed by atoms with Gasteiger partial charge >= 0.3 is 0 Å². The minimum Gasteiger partial charge on any atom is -0.382 e. The molecule has 0 atom stereocenters. The summed E-state index contributed by atoms with van der Waals surface area (Å²) in [6, 6.07) is 0. The number of nitrogens with zero attached hydrogens (tertiary/aromatic N) is 1. The van der Waals surface area contributed by atoms with Crippen molar-refractivity contribution in [3.8, 4) is 0 Å². The van der Waals surface area contributed by atoms with Crippen LogP contribution >= 0.6 is 23.6 Å². The molecule has 2 N–H and O–H groups in total. The minimum atomic E-state index is 0.620. The van der Waals surface area contributed by atoms with Crippen LogP contribution in [0.1, 0.15) is 0 Å². The highest BCUT2D eigenvalue weighted by Gasteiger charge is 1.94. The van der Waals surface area contributed by atoms with Crippen LogP contribution in [0.25, 0.3) is 0 Å². The minimum absolute atomic E-state index is 0.620. The van der Waals surface area contributed by atoms with E-state index in [4.69, 9.17) is 21.7 Å². The van der Waals surface area contributed by atoms with Crippen LogP contribution in [0.5, 0.6) is 0 Å². The third-order valence-corrected chi connectivity index (χ3v) is 2.44. The summed E-state index contributed by atoms with van der Waals surface area (Å²) in [7, 11) is 1.65. The van der Waals surface area contributed by atoms with Crippen molar-refractivity contribution in [2.24, 2.45) is 0 Å². The Labute approximate surface area is 91.4 Å². The van der Waals surface area contributed by atoms with Gasteiger partial charge in [-0.3, -0.25) is 5.10 Å². The Morgan fingerprint density at radius 1 is 1.50 bits per heavy atom. The normalized spacial score (nSPS) is 10.4. The van der Waals surface area contributed by atoms with Crippen molar-refractivity contribution in [2.75, 3.05) is 38.8 Å². The number of methoxy groups -OCH3 is 1. The standard InChI is InChI=1S/C7H13N3O2S2/c1-11-4-5-12-3-2-8-6-9-10-7(13)14-6/h2-5H2,1H3,(H,8,9)(H,10,13). The average Bonchev–Trinajstić information content (AvgIpc) is 2.58. The number of anilines is 1. The van der Waals surface area contributed by atoms with E-state index in [1.165, 1.54) is 11.3 Å². The topological polar surface area (TPSA) is 59.2 Å². The summed E-state index contributed by atoms with van der Waals surface area (Å²) in [5, 5.41) is 10.5. The second-order valence-electron chi connectivity index (χ2n) is 2.45. The van der Waals surface area contributed by atoms with E-state index in [1.807, 2.05) is 0 Å². The number of aromatic amines is 1. The zero-order valence-corrected chi connectivity index (χ0v) is 9.54. The number of rotatable bonds is 7. The maximum absolute atomic E-state index is 5.26. The number of nitrogens with one attached hydrogen (secondary N) is 2. The van der Waals surface area contributed by atoms with E-state index < -0.39 is 0 Å². The summed E-state index contributed by atoms with van der Waals surface area (Å²) >= 11 is 6.29. The molecule has 0 spiro atoms. The Morgan fingerprint density at radius 3 is 3.00 bits per heavy atom. The first-order valence-corrected chi connectivity index (χ1v) is 5.41. The molecule has 0 aliphatic rings. The Kier molecular flexibility index (Phi) is 5.69. The van der Waals surface area contributed by atoms with Gasteiger partial charge in [-0.15, -0.1) is 5.10 Å². The number of hydrogen-bond acceptors (Lipinski definition) is 6. The fraction of sp³-hybridized carbons (Fsp3) is 0.714. The number of aromatic nitrogens is 2. The smallest absolute Gasteiger partial charge is 0.204 e. The van der Waals surface area contributed by atoms with Gasteiger partial charge in [0, 0.05) is 13.7 Å². The van der Waals surface area contributed by atoms with Gasteiger partial charge in [-0.05, 0) is 12.2 Å². The molecule has 0 aliphatic carbocycles. The van der Waals surface area contributed by atoms with Gasteiger partial charge in [0.05, 0.1) is 19.8 Å². The average molecular weight is 235 g/mol. The van der Waals surface area contributed by atoms with E-state index in [0.717, 1.165) is 11.7 Å². The van der Waals surface area contributed by atoms with Crippen LogP contribution in [0, 0.1) is 3.95 Å². The first-order chi connectivity index (χ1) is 6.83. The lowest BCUT2D eigenvalue weighted by molar-refractivity contribution is 0.0759. The van der Waals surface area contributed by atoms with Crippen LogP contribution in [0.3, 0.4) is 0 Å². The summed E-state index contributed by atoms with van der Waals surface area (Å²) in [6.45, 7) is 2.60. The second kappa shape index (κ2) is 6.88. The van der Waals surface area contributed by atoms with Gasteiger partial charge in [0.15, 0.2) is 3.95 Å². The van der Waals surface area contributed by atoms with Crippen molar-refractivity contribution in [1.82, 2.24) is 10.2 Å². The van der Waals surface area contributed by atoms with Gasteiger partial charge in [-0.2, -0.15) is 0 Å². The predicted molar refractivity (Wildman–Crippen MR) is 58.5 cm³/mol. The second-order valence-corrected chi connectivity index (χ2v) is 4.12. The molecule has 14 heavy (non-hydrogen) atoms. The molecular formula is C7H13N3O2S2. The van der Waals surface area contributed by atoms with Crippen molar-refractivity contribution >= 4 is 28.7 Å². The molecule has 1 rings (SSSR count). The van der Waals surface area contributed by atoms with E-state index >= 15 is 0 Å². The van der Waals surface area contributed by atoms with E-state index in [9.17, 15) is 0 Å². The largest absolute Gasteiger partial charge is 0.382 e. The van der Waals surface area contributed by atoms with Gasteiger partial charge in [-0.25, -0.2) is 0 Å². The number of hydrogen-bond donors (Lipinski definition) is 2. The first kappa shape index (κ1) is 11.6. The van der Waals surface area contributed by atoms with Crippen LogP contribution in [0.2, 0.25) is 0 Å². The first-order valence-electron chi connectivity index (χ1n) is 4.19. The highest BCUT2D eigenvalue weighted by molar-refractivity contribution is 7.73. The predicted octanol–water partition coefficient (Wildman–Crippen LogP) is 1.28. The summed E-state index contributed by atoms with van der Waals surface area (Å²) in [5.74, 6) is 0. The van der Waals surface area contributed by atoms with Gasteiger partial charge in [0.25, 0.3) is 0 Å². The van der Waals surface area contributed by atoms with Gasteiger partial charge in [0.2, 0.25) is 5.13 Å². The molecule has 0 radical (unpaired) electrons. The molecule has 1 aromatic heterocycles. The zero-order chi connectivity index (χ0) is 10.2. The molecule has 0 aromatic carbocycles. The molecule has 0 unspecified atom stereocenters. The number of H-pyrrole nitrogens is 1. The third-order valence-electron chi connectivity index (χ3n) is 1.39. The summed E-state index contributed by atoms with van der Waals surface area (Å²) < 4.78 is 10.8. The maximum Gasteiger partial charge on any atom is 0.204 e. The summed E-state index contributed by atoms with van der Waals surface area (Å²) in [4.78, 5) is 0. The molecule has 0 bridgehead atoms. The maximum atomic E-state index is 5.26. The van der Waals surface area contributed by atoms with E-state index in [0.29, 0.717) is 23.8 Å². The SMILES string of the molecule is COCCOCCNc1n[nH]c(=S)s1. The van der Waals surface area contributed by atoms with Crippen LogP contribution in [0.4, 0.5) is 5.13 Å². The quantitative estimate of drug-likeness (QED) is 0.550. The van der Waals surface area contributed by atoms with Crippen molar-refractivity contribution in [2.45, 2.75) is 0 Å². The Morgan fingerprint density at radius 2 is 2.36 bits per heavy atom. The molecule has 0 saturated carbocycles. The molecular weight excluding hydrogens is 222 g/mol. The highest BCUT2D eigenvalue weighted by atomic mass is 32.1. The third kappa shape index (κ3) is 4.66. The van der Waals surface area contributed by atoms with Crippen molar-refractivity contribution < 1.29 is 9.47 Å². The lowest BCUT2D eigenvalue weighted by atomic mass is 10.7. The van der Waals surface area contributed by atoms with Gasteiger partial charge in [-0.1, -0.05) is 11.3 Å². The lowest BCUT2D eigenvalue weighted by Crippen LogP contribution is -2.11. The molecule has 0 saturated heterocycles. The van der Waals surface area contributed by atoms with Crippen molar-refractivity contribution in [3.05, 3.63) is 3.95 Å². The molecule has 1 aromatic rings. The van der Waals surface area contributed by atoms with E-state index in [1.54, 1.807) is 7.11 Å².